The maximum absolute atomic E-state index is 12.1. The number of hydrogen-bond acceptors (Lipinski definition) is 2. The molecule has 2 nitrogen and oxygen atoms in total. The van der Waals surface area contributed by atoms with E-state index in [1.54, 1.807) is 11.3 Å². The number of allylic oxidation sites excluding steroid dienone is 4. The van der Waals surface area contributed by atoms with E-state index >= 15 is 0 Å². The summed E-state index contributed by atoms with van der Waals surface area (Å²) in [5, 5.41) is 9.95. The van der Waals surface area contributed by atoms with Crippen LogP contribution in [-0.2, 0) is 4.79 Å². The summed E-state index contributed by atoms with van der Waals surface area (Å²) in [6.45, 7) is 10.6. The Balaban J connectivity index is 2.10. The van der Waals surface area contributed by atoms with Gasteiger partial charge in [0.2, 0.25) is 0 Å². The number of aryl methyl sites for hydroxylation is 2. The molecule has 130 valence electrons. The van der Waals surface area contributed by atoms with Crippen LogP contribution in [0.2, 0.25) is 0 Å². The Morgan fingerprint density at radius 3 is 2.42 bits per heavy atom. The van der Waals surface area contributed by atoms with E-state index in [1.165, 1.54) is 33.7 Å². The molecule has 3 unspecified atom stereocenters. The van der Waals surface area contributed by atoms with Gasteiger partial charge in [-0.1, -0.05) is 39.0 Å². The molecule has 0 fully saturated rings. The van der Waals surface area contributed by atoms with E-state index < -0.39 is 11.9 Å². The summed E-state index contributed by atoms with van der Waals surface area (Å²) in [5.74, 6) is -0.117. The van der Waals surface area contributed by atoms with Gasteiger partial charge in [-0.3, -0.25) is 4.79 Å². The SMILES string of the molecule is Cc1sc(C)c(C(CC(C)(C)C)C(=O)O)c1C1=CC2C=CC1CC2. The normalized spacial score (nSPS) is 24.1. The fourth-order valence-corrected chi connectivity index (χ4v) is 5.41. The van der Waals surface area contributed by atoms with Crippen LogP contribution < -0.4 is 0 Å². The van der Waals surface area contributed by atoms with Crippen LogP contribution in [0.15, 0.2) is 18.2 Å². The van der Waals surface area contributed by atoms with E-state index in [0.29, 0.717) is 18.3 Å². The summed E-state index contributed by atoms with van der Waals surface area (Å²) in [4.78, 5) is 14.5. The number of carboxylic acids is 1. The van der Waals surface area contributed by atoms with Gasteiger partial charge in [-0.25, -0.2) is 0 Å². The summed E-state index contributed by atoms with van der Waals surface area (Å²) in [6, 6.07) is 0. The van der Waals surface area contributed by atoms with E-state index in [0.717, 1.165) is 5.56 Å². The first kappa shape index (κ1) is 17.5. The van der Waals surface area contributed by atoms with Crippen molar-refractivity contribution in [3.05, 3.63) is 39.1 Å². The Kier molecular flexibility index (Phi) is 4.50. The van der Waals surface area contributed by atoms with Crippen LogP contribution in [0.5, 0.6) is 0 Å². The lowest BCUT2D eigenvalue weighted by molar-refractivity contribution is -0.139. The lowest BCUT2D eigenvalue weighted by Gasteiger charge is -2.32. The van der Waals surface area contributed by atoms with Crippen molar-refractivity contribution >= 4 is 22.9 Å². The predicted octanol–water partition coefficient (Wildman–Crippen LogP) is 5.95. The van der Waals surface area contributed by atoms with Crippen LogP contribution in [0.1, 0.15) is 66.8 Å². The van der Waals surface area contributed by atoms with E-state index in [9.17, 15) is 9.90 Å². The molecule has 0 saturated carbocycles. The van der Waals surface area contributed by atoms with Crippen molar-refractivity contribution in [2.75, 3.05) is 0 Å². The molecular formula is C21H28O2S. The third-order valence-corrected chi connectivity index (χ3v) is 6.29. The molecule has 3 atom stereocenters. The average Bonchev–Trinajstić information content (AvgIpc) is 2.79. The van der Waals surface area contributed by atoms with Crippen molar-refractivity contribution in [2.45, 2.75) is 59.8 Å². The zero-order chi connectivity index (χ0) is 17.6. The molecule has 3 aliphatic carbocycles. The third kappa shape index (κ3) is 3.23. The van der Waals surface area contributed by atoms with Crippen molar-refractivity contribution < 1.29 is 9.90 Å². The molecule has 0 radical (unpaired) electrons. The number of carbonyl (C=O) groups is 1. The minimum atomic E-state index is -0.691. The molecule has 1 aromatic heterocycles. The number of fused-ring (bicyclic) bond motifs is 1. The highest BCUT2D eigenvalue weighted by atomic mass is 32.1. The molecule has 4 rings (SSSR count). The van der Waals surface area contributed by atoms with Gasteiger partial charge in [-0.2, -0.15) is 0 Å². The highest BCUT2D eigenvalue weighted by Gasteiger charge is 2.35. The van der Waals surface area contributed by atoms with Gasteiger partial charge in [0.05, 0.1) is 5.92 Å². The van der Waals surface area contributed by atoms with Gasteiger partial charge in [-0.05, 0) is 61.1 Å². The molecule has 1 N–H and O–H groups in total. The molecular weight excluding hydrogens is 316 g/mol. The summed E-state index contributed by atoms with van der Waals surface area (Å²) < 4.78 is 0. The van der Waals surface area contributed by atoms with E-state index in [4.69, 9.17) is 0 Å². The summed E-state index contributed by atoms with van der Waals surface area (Å²) in [7, 11) is 0. The van der Waals surface area contributed by atoms with Crippen LogP contribution in [-0.4, -0.2) is 11.1 Å². The van der Waals surface area contributed by atoms with Gasteiger partial charge in [0, 0.05) is 15.7 Å². The summed E-state index contributed by atoms with van der Waals surface area (Å²) in [6.07, 6.45) is 10.1. The van der Waals surface area contributed by atoms with Crippen molar-refractivity contribution in [1.29, 1.82) is 0 Å². The van der Waals surface area contributed by atoms with Gasteiger partial charge in [0.1, 0.15) is 0 Å². The van der Waals surface area contributed by atoms with E-state index in [2.05, 4.69) is 52.8 Å². The lowest BCUT2D eigenvalue weighted by atomic mass is 9.71. The molecule has 0 saturated heterocycles. The Morgan fingerprint density at radius 2 is 1.96 bits per heavy atom. The van der Waals surface area contributed by atoms with Gasteiger partial charge in [0.25, 0.3) is 0 Å². The minimum Gasteiger partial charge on any atom is -0.481 e. The first-order valence-electron chi connectivity index (χ1n) is 8.90. The molecule has 3 heteroatoms. The molecule has 0 aliphatic heterocycles. The number of aliphatic carboxylic acids is 1. The molecule has 0 spiro atoms. The number of hydrogen-bond donors (Lipinski definition) is 1. The average molecular weight is 345 g/mol. The van der Waals surface area contributed by atoms with Gasteiger partial charge in [0.15, 0.2) is 0 Å². The topological polar surface area (TPSA) is 37.3 Å². The minimum absolute atomic E-state index is 0.0114. The fraction of sp³-hybridized carbons (Fsp3) is 0.571. The Bertz CT molecular complexity index is 715. The number of rotatable bonds is 4. The van der Waals surface area contributed by atoms with Gasteiger partial charge < -0.3 is 5.11 Å². The van der Waals surface area contributed by atoms with Crippen molar-refractivity contribution in [1.82, 2.24) is 0 Å². The van der Waals surface area contributed by atoms with Crippen molar-refractivity contribution in [2.24, 2.45) is 17.3 Å². The van der Waals surface area contributed by atoms with E-state index in [1.807, 2.05) is 0 Å². The first-order valence-corrected chi connectivity index (χ1v) is 9.72. The van der Waals surface area contributed by atoms with Gasteiger partial charge in [-0.15, -0.1) is 11.3 Å². The second-order valence-corrected chi connectivity index (χ2v) is 9.94. The van der Waals surface area contributed by atoms with E-state index in [-0.39, 0.29) is 5.41 Å². The molecule has 24 heavy (non-hydrogen) atoms. The largest absolute Gasteiger partial charge is 0.481 e. The highest BCUT2D eigenvalue weighted by Crippen LogP contribution is 2.48. The summed E-state index contributed by atoms with van der Waals surface area (Å²) in [5.41, 5.74) is 3.69. The maximum Gasteiger partial charge on any atom is 0.311 e. The van der Waals surface area contributed by atoms with Crippen LogP contribution in [0, 0.1) is 31.1 Å². The Morgan fingerprint density at radius 1 is 1.25 bits per heavy atom. The van der Waals surface area contributed by atoms with Crippen LogP contribution in [0.3, 0.4) is 0 Å². The number of carboxylic acid groups (broad SMARTS) is 1. The van der Waals surface area contributed by atoms with Crippen LogP contribution in [0.4, 0.5) is 0 Å². The smallest absolute Gasteiger partial charge is 0.311 e. The molecule has 3 aliphatic rings. The predicted molar refractivity (Wildman–Crippen MR) is 102 cm³/mol. The Hall–Kier alpha value is -1.35. The molecule has 2 bridgehead atoms. The second kappa shape index (κ2) is 6.18. The molecule has 1 heterocycles. The highest BCUT2D eigenvalue weighted by molar-refractivity contribution is 7.12. The standard InChI is InChI=1S/C21H28O2S/c1-12-18(16-10-14-6-8-15(16)9-7-14)19(13(2)24-12)17(20(22)23)11-21(3,4)5/h6,8,10,14-15,17H,7,9,11H2,1-5H3,(H,22,23). The fourth-order valence-electron chi connectivity index (χ4n) is 4.27. The maximum atomic E-state index is 12.1. The quantitative estimate of drug-likeness (QED) is 0.685. The molecule has 0 amide bonds. The third-order valence-electron chi connectivity index (χ3n) is 5.25. The van der Waals surface area contributed by atoms with Crippen molar-refractivity contribution in [3.8, 4) is 0 Å². The molecule has 0 aromatic carbocycles. The van der Waals surface area contributed by atoms with Crippen molar-refractivity contribution in [3.63, 3.8) is 0 Å². The zero-order valence-electron chi connectivity index (χ0n) is 15.3. The van der Waals surface area contributed by atoms with Crippen LogP contribution >= 0.6 is 11.3 Å². The lowest BCUT2D eigenvalue weighted by Crippen LogP contribution is -2.22. The summed E-state index contributed by atoms with van der Waals surface area (Å²) >= 11 is 1.76. The number of thiophene rings is 1. The monoisotopic (exact) mass is 344 g/mol. The zero-order valence-corrected chi connectivity index (χ0v) is 16.2. The Labute approximate surface area is 149 Å². The van der Waals surface area contributed by atoms with Gasteiger partial charge >= 0.3 is 5.97 Å². The van der Waals surface area contributed by atoms with Crippen LogP contribution in [0.25, 0.3) is 5.57 Å². The first-order chi connectivity index (χ1) is 11.2. The second-order valence-electron chi connectivity index (χ2n) is 8.51. The molecule has 1 aromatic rings.